The Bertz CT molecular complexity index is 582. The molecule has 4 heteroatoms. The number of ether oxygens (including phenoxy) is 1. The molecule has 0 aliphatic carbocycles. The second kappa shape index (κ2) is 7.23. The molecule has 0 fully saturated rings. The highest BCUT2D eigenvalue weighted by Crippen LogP contribution is 2.23. The molecule has 0 atom stereocenters. The number of hydrogen-bond acceptors (Lipinski definition) is 3. The molecule has 2 aromatic rings. The van der Waals surface area contributed by atoms with E-state index in [0.717, 1.165) is 29.4 Å². The Hall–Kier alpha value is -1.87. The van der Waals surface area contributed by atoms with E-state index in [4.69, 9.17) is 22.1 Å². The number of anilines is 2. The Balaban J connectivity index is 1.93. The topological polar surface area (TPSA) is 47.3 Å². The van der Waals surface area contributed by atoms with E-state index in [1.807, 2.05) is 56.3 Å². The van der Waals surface area contributed by atoms with E-state index in [0.29, 0.717) is 5.69 Å². The van der Waals surface area contributed by atoms with Crippen LogP contribution >= 0.6 is 11.6 Å². The highest BCUT2D eigenvalue weighted by molar-refractivity contribution is 6.30. The Morgan fingerprint density at radius 1 is 1.14 bits per heavy atom. The minimum absolute atomic E-state index is 0.133. The molecule has 0 saturated carbocycles. The predicted molar refractivity (Wildman–Crippen MR) is 90.3 cm³/mol. The van der Waals surface area contributed by atoms with Crippen LogP contribution in [0, 0.1) is 0 Å². The zero-order valence-electron chi connectivity index (χ0n) is 12.4. The van der Waals surface area contributed by atoms with E-state index in [-0.39, 0.29) is 6.10 Å². The fourth-order valence-corrected chi connectivity index (χ4v) is 2.19. The summed E-state index contributed by atoms with van der Waals surface area (Å²) < 4.78 is 5.68. The molecule has 0 radical (unpaired) electrons. The van der Waals surface area contributed by atoms with Gasteiger partial charge in [-0.2, -0.15) is 0 Å². The van der Waals surface area contributed by atoms with Crippen LogP contribution in [-0.4, -0.2) is 12.6 Å². The first-order valence-corrected chi connectivity index (χ1v) is 7.46. The molecule has 2 aromatic carbocycles. The van der Waals surface area contributed by atoms with Crippen LogP contribution in [0.2, 0.25) is 5.02 Å². The Kier molecular flexibility index (Phi) is 5.34. The number of rotatable bonds is 6. The van der Waals surface area contributed by atoms with Crippen molar-refractivity contribution in [1.29, 1.82) is 0 Å². The van der Waals surface area contributed by atoms with E-state index < -0.39 is 0 Å². The molecule has 0 aromatic heterocycles. The first-order valence-electron chi connectivity index (χ1n) is 7.08. The summed E-state index contributed by atoms with van der Waals surface area (Å²) in [5, 5.41) is 4.13. The van der Waals surface area contributed by atoms with Crippen LogP contribution in [0.3, 0.4) is 0 Å². The van der Waals surface area contributed by atoms with Gasteiger partial charge in [0.15, 0.2) is 0 Å². The van der Waals surface area contributed by atoms with Crippen LogP contribution in [0.25, 0.3) is 0 Å². The molecule has 3 N–H and O–H groups in total. The smallest absolute Gasteiger partial charge is 0.123 e. The predicted octanol–water partition coefficient (Wildman–Crippen LogP) is 4.36. The fraction of sp³-hybridized carbons (Fsp3) is 0.294. The second-order valence-electron chi connectivity index (χ2n) is 5.26. The monoisotopic (exact) mass is 304 g/mol. The van der Waals surface area contributed by atoms with E-state index in [1.165, 1.54) is 5.56 Å². The molecule has 0 unspecified atom stereocenters. The molecular formula is C17H21ClN2O. The molecule has 2 rings (SSSR count). The van der Waals surface area contributed by atoms with Gasteiger partial charge >= 0.3 is 0 Å². The van der Waals surface area contributed by atoms with Gasteiger partial charge in [-0.1, -0.05) is 23.7 Å². The molecule has 0 bridgehead atoms. The number of halogens is 1. The summed E-state index contributed by atoms with van der Waals surface area (Å²) in [5.74, 6) is 0.791. The van der Waals surface area contributed by atoms with Gasteiger partial charge < -0.3 is 15.8 Å². The third-order valence-electron chi connectivity index (χ3n) is 2.96. The average Bonchev–Trinajstić information content (AvgIpc) is 2.39. The molecule has 0 spiro atoms. The lowest BCUT2D eigenvalue weighted by Crippen LogP contribution is -2.08. The first kappa shape index (κ1) is 15.5. The van der Waals surface area contributed by atoms with Crippen molar-refractivity contribution >= 4 is 23.0 Å². The second-order valence-corrected chi connectivity index (χ2v) is 5.70. The number of nitrogens with two attached hydrogens (primary N) is 1. The molecule has 21 heavy (non-hydrogen) atoms. The van der Waals surface area contributed by atoms with Gasteiger partial charge in [-0.05, 0) is 44.0 Å². The van der Waals surface area contributed by atoms with Crippen LogP contribution < -0.4 is 15.8 Å². The van der Waals surface area contributed by atoms with Gasteiger partial charge in [0, 0.05) is 35.1 Å². The van der Waals surface area contributed by atoms with Gasteiger partial charge in [0.05, 0.1) is 6.10 Å². The van der Waals surface area contributed by atoms with Crippen molar-refractivity contribution in [2.75, 3.05) is 17.6 Å². The number of nitrogen functional groups attached to an aromatic ring is 1. The van der Waals surface area contributed by atoms with Gasteiger partial charge in [0.2, 0.25) is 0 Å². The maximum atomic E-state index is 5.90. The minimum Gasteiger partial charge on any atom is -0.491 e. The van der Waals surface area contributed by atoms with Crippen molar-refractivity contribution < 1.29 is 4.74 Å². The lowest BCUT2D eigenvalue weighted by atomic mass is 10.1. The van der Waals surface area contributed by atoms with E-state index in [1.54, 1.807) is 0 Å². The summed E-state index contributed by atoms with van der Waals surface area (Å²) in [6.07, 6.45) is 1.06. The largest absolute Gasteiger partial charge is 0.491 e. The normalized spacial score (nSPS) is 10.7. The third-order valence-corrected chi connectivity index (χ3v) is 3.21. The van der Waals surface area contributed by atoms with Crippen LogP contribution in [-0.2, 0) is 6.42 Å². The van der Waals surface area contributed by atoms with E-state index in [2.05, 4.69) is 5.32 Å². The van der Waals surface area contributed by atoms with Crippen molar-refractivity contribution in [3.05, 3.63) is 53.1 Å². The van der Waals surface area contributed by atoms with E-state index in [9.17, 15) is 0 Å². The summed E-state index contributed by atoms with van der Waals surface area (Å²) in [6.45, 7) is 4.82. The number of hydrogen-bond donors (Lipinski definition) is 2. The zero-order chi connectivity index (χ0) is 15.2. The van der Waals surface area contributed by atoms with Gasteiger partial charge in [-0.25, -0.2) is 0 Å². The number of benzene rings is 2. The highest BCUT2D eigenvalue weighted by Gasteiger charge is 2.02. The lowest BCUT2D eigenvalue weighted by Gasteiger charge is -2.13. The van der Waals surface area contributed by atoms with Gasteiger partial charge in [0.25, 0.3) is 0 Å². The highest BCUT2D eigenvalue weighted by atomic mass is 35.5. The van der Waals surface area contributed by atoms with Gasteiger partial charge in [-0.3, -0.25) is 0 Å². The zero-order valence-corrected chi connectivity index (χ0v) is 13.2. The maximum Gasteiger partial charge on any atom is 0.123 e. The molecule has 0 aliphatic heterocycles. The molecule has 3 nitrogen and oxygen atoms in total. The molecule has 0 aliphatic rings. The van der Waals surface area contributed by atoms with Crippen molar-refractivity contribution in [3.8, 4) is 5.75 Å². The quantitative estimate of drug-likeness (QED) is 0.779. The standard InChI is InChI=1S/C17H21ClN2O/c1-12(2)21-17-10-15(19)9-16(11-17)20-8-7-13-3-5-14(18)6-4-13/h3-6,9-12,20H,7-8,19H2,1-2H3. The van der Waals surface area contributed by atoms with Crippen LogP contribution in [0.1, 0.15) is 19.4 Å². The summed E-state index contributed by atoms with van der Waals surface area (Å²) in [5.41, 5.74) is 8.81. The van der Waals surface area contributed by atoms with Crippen LogP contribution in [0.4, 0.5) is 11.4 Å². The SMILES string of the molecule is CC(C)Oc1cc(N)cc(NCCc2ccc(Cl)cc2)c1. The van der Waals surface area contributed by atoms with Crippen molar-refractivity contribution in [1.82, 2.24) is 0 Å². The molecular weight excluding hydrogens is 284 g/mol. The fourth-order valence-electron chi connectivity index (χ4n) is 2.07. The first-order chi connectivity index (χ1) is 10.0. The average molecular weight is 305 g/mol. The van der Waals surface area contributed by atoms with Gasteiger partial charge in [0.1, 0.15) is 5.75 Å². The minimum atomic E-state index is 0.133. The van der Waals surface area contributed by atoms with Crippen molar-refractivity contribution in [3.63, 3.8) is 0 Å². The Labute approximate surface area is 131 Å². The Morgan fingerprint density at radius 2 is 1.86 bits per heavy atom. The summed E-state index contributed by atoms with van der Waals surface area (Å²) in [7, 11) is 0. The summed E-state index contributed by atoms with van der Waals surface area (Å²) in [4.78, 5) is 0. The maximum absolute atomic E-state index is 5.90. The summed E-state index contributed by atoms with van der Waals surface area (Å²) >= 11 is 5.87. The van der Waals surface area contributed by atoms with Crippen LogP contribution in [0.5, 0.6) is 5.75 Å². The van der Waals surface area contributed by atoms with Crippen LogP contribution in [0.15, 0.2) is 42.5 Å². The van der Waals surface area contributed by atoms with E-state index >= 15 is 0 Å². The summed E-state index contributed by atoms with van der Waals surface area (Å²) in [6, 6.07) is 13.6. The van der Waals surface area contributed by atoms with Crippen molar-refractivity contribution in [2.45, 2.75) is 26.4 Å². The lowest BCUT2D eigenvalue weighted by molar-refractivity contribution is 0.242. The Morgan fingerprint density at radius 3 is 2.52 bits per heavy atom. The van der Waals surface area contributed by atoms with Gasteiger partial charge in [-0.15, -0.1) is 0 Å². The van der Waals surface area contributed by atoms with Crippen molar-refractivity contribution in [2.24, 2.45) is 0 Å². The molecule has 0 amide bonds. The number of nitrogens with one attached hydrogen (secondary N) is 1. The third kappa shape index (κ3) is 5.20. The molecule has 0 saturated heterocycles. The molecule has 112 valence electrons. The molecule has 0 heterocycles.